The summed E-state index contributed by atoms with van der Waals surface area (Å²) in [6.45, 7) is 13.2. The van der Waals surface area contributed by atoms with Crippen LogP contribution in [0.2, 0.25) is 0 Å². The Bertz CT molecular complexity index is 227. The van der Waals surface area contributed by atoms with Crippen molar-refractivity contribution in [2.24, 2.45) is 5.41 Å². The van der Waals surface area contributed by atoms with Crippen LogP contribution in [0.4, 0.5) is 0 Å². The van der Waals surface area contributed by atoms with Crippen LogP contribution in [0.5, 0.6) is 0 Å². The van der Waals surface area contributed by atoms with E-state index >= 15 is 0 Å². The highest BCUT2D eigenvalue weighted by atomic mass is 32.2. The van der Waals surface area contributed by atoms with Gasteiger partial charge in [-0.15, -0.1) is 0 Å². The minimum Gasteiger partial charge on any atom is -0.378 e. The van der Waals surface area contributed by atoms with E-state index in [0.717, 1.165) is 13.2 Å². The molecule has 102 valence electrons. The molecule has 1 N–H and O–H groups in total. The normalized spacial score (nSPS) is 29.8. The maximum atomic E-state index is 5.82. The van der Waals surface area contributed by atoms with Gasteiger partial charge in [0.2, 0.25) is 0 Å². The molecule has 0 spiro atoms. The highest BCUT2D eigenvalue weighted by Gasteiger charge is 2.41. The van der Waals surface area contributed by atoms with Gasteiger partial charge >= 0.3 is 0 Å². The van der Waals surface area contributed by atoms with E-state index in [1.165, 1.54) is 24.3 Å². The molecule has 1 aliphatic heterocycles. The second kappa shape index (κ2) is 6.44. The maximum absolute atomic E-state index is 5.82. The van der Waals surface area contributed by atoms with Gasteiger partial charge in [-0.25, -0.2) is 0 Å². The van der Waals surface area contributed by atoms with Crippen molar-refractivity contribution < 1.29 is 4.74 Å². The van der Waals surface area contributed by atoms with Crippen molar-refractivity contribution in [3.8, 4) is 0 Å². The second-order valence-corrected chi connectivity index (χ2v) is 7.57. The lowest BCUT2D eigenvalue weighted by Gasteiger charge is -2.35. The van der Waals surface area contributed by atoms with E-state index in [2.05, 4.69) is 39.9 Å². The molecule has 0 saturated carbocycles. The van der Waals surface area contributed by atoms with Gasteiger partial charge in [0.1, 0.15) is 0 Å². The predicted octanol–water partition coefficient (Wildman–Crippen LogP) is 3.31. The Morgan fingerprint density at radius 3 is 2.59 bits per heavy atom. The fourth-order valence-corrected chi connectivity index (χ4v) is 3.17. The molecule has 0 aromatic heterocycles. The molecule has 2 atom stereocenters. The monoisotopic (exact) mass is 259 g/mol. The molecule has 1 rings (SSSR count). The van der Waals surface area contributed by atoms with Gasteiger partial charge in [0.05, 0.1) is 6.10 Å². The molecule has 0 bridgehead atoms. The van der Waals surface area contributed by atoms with Crippen LogP contribution < -0.4 is 5.32 Å². The van der Waals surface area contributed by atoms with Crippen LogP contribution in [-0.2, 0) is 4.74 Å². The third-order valence-electron chi connectivity index (χ3n) is 3.75. The molecule has 1 aliphatic rings. The molecule has 17 heavy (non-hydrogen) atoms. The average Bonchev–Trinajstić information content (AvgIpc) is 2.58. The zero-order valence-corrected chi connectivity index (χ0v) is 13.0. The number of hydrogen-bond acceptors (Lipinski definition) is 3. The van der Waals surface area contributed by atoms with Crippen molar-refractivity contribution in [3.05, 3.63) is 0 Å². The summed E-state index contributed by atoms with van der Waals surface area (Å²) in [7, 11) is 0. The summed E-state index contributed by atoms with van der Waals surface area (Å²) in [6, 6.07) is 0. The molecular formula is C14H29NOS. The van der Waals surface area contributed by atoms with E-state index in [4.69, 9.17) is 4.74 Å². The minimum absolute atomic E-state index is 0.202. The Morgan fingerprint density at radius 1 is 1.41 bits per heavy atom. The molecule has 1 fully saturated rings. The van der Waals surface area contributed by atoms with Gasteiger partial charge in [0.15, 0.2) is 0 Å². The summed E-state index contributed by atoms with van der Waals surface area (Å²) in [6.07, 6.45) is 2.88. The fourth-order valence-electron chi connectivity index (χ4n) is 2.33. The third-order valence-corrected chi connectivity index (χ3v) is 4.65. The van der Waals surface area contributed by atoms with Crippen LogP contribution in [0.15, 0.2) is 0 Å². The molecule has 1 heterocycles. The van der Waals surface area contributed by atoms with Crippen LogP contribution >= 0.6 is 11.8 Å². The average molecular weight is 259 g/mol. The molecule has 0 aromatic rings. The predicted molar refractivity (Wildman–Crippen MR) is 77.8 cm³/mol. The fraction of sp³-hybridized carbons (Fsp3) is 1.00. The van der Waals surface area contributed by atoms with Crippen LogP contribution in [0, 0.1) is 5.41 Å². The molecule has 0 radical (unpaired) electrons. The standard InChI is InChI=1S/C14H29NOS/c1-6-17-10-8-14(7-9-16-12(14)2)11-15-13(3,4)5/h12,15H,6-11H2,1-5H3. The zero-order chi connectivity index (χ0) is 12.9. The van der Waals surface area contributed by atoms with Crippen molar-refractivity contribution in [1.82, 2.24) is 5.32 Å². The number of thioether (sulfide) groups is 1. The highest BCUT2D eigenvalue weighted by molar-refractivity contribution is 7.99. The lowest BCUT2D eigenvalue weighted by molar-refractivity contribution is 0.0583. The number of hydrogen-bond donors (Lipinski definition) is 1. The van der Waals surface area contributed by atoms with E-state index in [1.54, 1.807) is 0 Å². The summed E-state index contributed by atoms with van der Waals surface area (Å²) in [5.74, 6) is 2.48. The smallest absolute Gasteiger partial charge is 0.0616 e. The van der Waals surface area contributed by atoms with E-state index in [-0.39, 0.29) is 5.54 Å². The molecule has 3 heteroatoms. The molecule has 0 aromatic carbocycles. The summed E-state index contributed by atoms with van der Waals surface area (Å²) in [5, 5.41) is 3.67. The quantitative estimate of drug-likeness (QED) is 0.740. The number of ether oxygens (including phenoxy) is 1. The Kier molecular flexibility index (Phi) is 5.81. The first kappa shape index (κ1) is 15.3. The topological polar surface area (TPSA) is 21.3 Å². The number of rotatable bonds is 6. The summed E-state index contributed by atoms with van der Waals surface area (Å²) in [4.78, 5) is 0. The van der Waals surface area contributed by atoms with Crippen molar-refractivity contribution in [2.45, 2.75) is 59.1 Å². The Labute approximate surface area is 111 Å². The van der Waals surface area contributed by atoms with Gasteiger partial charge in [-0.1, -0.05) is 6.92 Å². The first-order chi connectivity index (χ1) is 7.90. The van der Waals surface area contributed by atoms with Crippen molar-refractivity contribution in [1.29, 1.82) is 0 Å². The first-order valence-corrected chi connectivity index (χ1v) is 7.99. The molecule has 1 saturated heterocycles. The van der Waals surface area contributed by atoms with Crippen LogP contribution in [-0.4, -0.2) is 36.3 Å². The van der Waals surface area contributed by atoms with Crippen LogP contribution in [0.1, 0.15) is 47.5 Å². The Hall–Kier alpha value is 0.270. The largest absolute Gasteiger partial charge is 0.378 e. The van der Waals surface area contributed by atoms with Gasteiger partial charge in [0.25, 0.3) is 0 Å². The van der Waals surface area contributed by atoms with Gasteiger partial charge in [-0.2, -0.15) is 11.8 Å². The molecule has 0 aliphatic carbocycles. The lowest BCUT2D eigenvalue weighted by atomic mass is 9.78. The number of nitrogens with one attached hydrogen (secondary N) is 1. The van der Waals surface area contributed by atoms with Gasteiger partial charge in [-0.3, -0.25) is 0 Å². The summed E-state index contributed by atoms with van der Waals surface area (Å²) in [5.41, 5.74) is 0.558. The Balaban J connectivity index is 2.53. The van der Waals surface area contributed by atoms with Crippen LogP contribution in [0.25, 0.3) is 0 Å². The molecular weight excluding hydrogens is 230 g/mol. The van der Waals surface area contributed by atoms with Crippen molar-refractivity contribution in [3.63, 3.8) is 0 Å². The van der Waals surface area contributed by atoms with Gasteiger partial charge < -0.3 is 10.1 Å². The third kappa shape index (κ3) is 4.80. The summed E-state index contributed by atoms with van der Waals surface area (Å²) < 4.78 is 5.82. The maximum Gasteiger partial charge on any atom is 0.0616 e. The minimum atomic E-state index is 0.202. The van der Waals surface area contributed by atoms with Gasteiger partial charge in [0, 0.05) is 24.1 Å². The SMILES string of the molecule is CCSCCC1(CNC(C)(C)C)CCOC1C. The molecule has 2 nitrogen and oxygen atoms in total. The first-order valence-electron chi connectivity index (χ1n) is 6.84. The van der Waals surface area contributed by atoms with E-state index in [1.807, 2.05) is 11.8 Å². The summed E-state index contributed by atoms with van der Waals surface area (Å²) >= 11 is 2.05. The zero-order valence-electron chi connectivity index (χ0n) is 12.1. The highest BCUT2D eigenvalue weighted by Crippen LogP contribution is 2.39. The lowest BCUT2D eigenvalue weighted by Crippen LogP contribution is -2.47. The van der Waals surface area contributed by atoms with Gasteiger partial charge in [-0.05, 0) is 52.0 Å². The van der Waals surface area contributed by atoms with E-state index < -0.39 is 0 Å². The Morgan fingerprint density at radius 2 is 2.12 bits per heavy atom. The van der Waals surface area contributed by atoms with Crippen molar-refractivity contribution in [2.75, 3.05) is 24.7 Å². The molecule has 0 amide bonds. The van der Waals surface area contributed by atoms with E-state index in [9.17, 15) is 0 Å². The van der Waals surface area contributed by atoms with Crippen molar-refractivity contribution >= 4 is 11.8 Å². The molecule has 2 unspecified atom stereocenters. The van der Waals surface area contributed by atoms with E-state index in [0.29, 0.717) is 11.5 Å². The second-order valence-electron chi connectivity index (χ2n) is 6.18. The van der Waals surface area contributed by atoms with Crippen LogP contribution in [0.3, 0.4) is 0 Å².